The fraction of sp³-hybridized carbons (Fsp3) is 0.708. The van der Waals surface area contributed by atoms with E-state index in [4.69, 9.17) is 9.47 Å². The SMILES string of the molecule is COC[C@@]12CN(C(=O)c3cc4c(nc3OC)CN(C3CCCC3)C4=O)C[C@@H]1C(C)(C)C2. The van der Waals surface area contributed by atoms with E-state index < -0.39 is 0 Å². The maximum Gasteiger partial charge on any atom is 0.259 e. The lowest BCUT2D eigenvalue weighted by molar-refractivity contribution is -0.107. The fourth-order valence-corrected chi connectivity index (χ4v) is 6.98. The van der Waals surface area contributed by atoms with E-state index in [9.17, 15) is 9.59 Å². The molecule has 0 spiro atoms. The average Bonchev–Trinajstić information content (AvgIpc) is 3.44. The Morgan fingerprint density at radius 2 is 2.00 bits per heavy atom. The third-order valence-corrected chi connectivity index (χ3v) is 8.19. The Balaban J connectivity index is 1.42. The van der Waals surface area contributed by atoms with E-state index in [-0.39, 0.29) is 28.7 Å². The van der Waals surface area contributed by atoms with Crippen molar-refractivity contribution >= 4 is 11.8 Å². The average molecular weight is 428 g/mol. The number of rotatable bonds is 5. The van der Waals surface area contributed by atoms with Crippen LogP contribution in [-0.2, 0) is 11.3 Å². The van der Waals surface area contributed by atoms with Gasteiger partial charge in [0.1, 0.15) is 5.56 Å². The summed E-state index contributed by atoms with van der Waals surface area (Å²) in [4.78, 5) is 35.2. The number of ether oxygens (including phenoxy) is 2. The lowest BCUT2D eigenvalue weighted by Crippen LogP contribution is -2.55. The third kappa shape index (κ3) is 3.07. The molecule has 2 aliphatic carbocycles. The second-order valence-electron chi connectivity index (χ2n) is 10.6. The van der Waals surface area contributed by atoms with Crippen molar-refractivity contribution in [1.29, 1.82) is 0 Å². The van der Waals surface area contributed by atoms with E-state index in [0.29, 0.717) is 49.2 Å². The van der Waals surface area contributed by atoms with Crippen LogP contribution in [0.4, 0.5) is 0 Å². The van der Waals surface area contributed by atoms with Gasteiger partial charge < -0.3 is 19.3 Å². The first-order valence-electron chi connectivity index (χ1n) is 11.5. The highest BCUT2D eigenvalue weighted by Crippen LogP contribution is 2.62. The number of hydrogen-bond acceptors (Lipinski definition) is 5. The molecule has 0 radical (unpaired) electrons. The standard InChI is InChI=1S/C24H33N3O4/c1-23(2)12-24(14-30-3)13-26(11-19(23)24)21(28)17-9-16-18(25-20(17)31-4)10-27(22(16)29)15-7-5-6-8-15/h9,15,19H,5-8,10-14H2,1-4H3/t19-,24-/m1/s1. The molecular formula is C24H33N3O4. The largest absolute Gasteiger partial charge is 0.480 e. The maximum atomic E-state index is 13.6. The summed E-state index contributed by atoms with van der Waals surface area (Å²) in [6, 6.07) is 2.02. The zero-order chi connectivity index (χ0) is 22.0. The summed E-state index contributed by atoms with van der Waals surface area (Å²) in [6.45, 7) is 7.11. The summed E-state index contributed by atoms with van der Waals surface area (Å²) in [7, 11) is 3.27. The fourth-order valence-electron chi connectivity index (χ4n) is 6.98. The van der Waals surface area contributed by atoms with Gasteiger partial charge in [0.2, 0.25) is 5.88 Å². The van der Waals surface area contributed by atoms with Gasteiger partial charge in [-0.15, -0.1) is 0 Å². The molecule has 7 heteroatoms. The number of amides is 2. The number of carbonyl (C=O) groups excluding carboxylic acids is 2. The monoisotopic (exact) mass is 427 g/mol. The number of nitrogens with zero attached hydrogens (tertiary/aromatic N) is 3. The Hall–Kier alpha value is -2.15. The van der Waals surface area contributed by atoms with Crippen molar-refractivity contribution in [2.24, 2.45) is 16.7 Å². The third-order valence-electron chi connectivity index (χ3n) is 8.19. The summed E-state index contributed by atoms with van der Waals surface area (Å²) in [6.07, 6.45) is 5.49. The molecule has 1 aromatic heterocycles. The first kappa shape index (κ1) is 20.7. The molecule has 2 atom stereocenters. The van der Waals surface area contributed by atoms with E-state index in [1.807, 2.05) is 9.80 Å². The zero-order valence-electron chi connectivity index (χ0n) is 19.1. The van der Waals surface area contributed by atoms with Gasteiger partial charge in [0.05, 0.1) is 31.5 Å². The molecule has 4 aliphatic rings. The Bertz CT molecular complexity index is 924. The van der Waals surface area contributed by atoms with Gasteiger partial charge in [-0.2, -0.15) is 0 Å². The van der Waals surface area contributed by atoms with Crippen molar-refractivity contribution in [2.75, 3.05) is 33.9 Å². The molecule has 0 bridgehead atoms. The highest BCUT2D eigenvalue weighted by Gasteiger charge is 2.63. The number of carbonyl (C=O) groups is 2. The van der Waals surface area contributed by atoms with Crippen molar-refractivity contribution in [2.45, 2.75) is 58.5 Å². The van der Waals surface area contributed by atoms with Crippen LogP contribution < -0.4 is 4.74 Å². The molecule has 0 N–H and O–H groups in total. The molecule has 3 fully saturated rings. The zero-order valence-corrected chi connectivity index (χ0v) is 19.1. The summed E-state index contributed by atoms with van der Waals surface area (Å²) in [5, 5.41) is 0. The Labute approximate surface area is 184 Å². The molecule has 5 rings (SSSR count). The number of aromatic nitrogens is 1. The van der Waals surface area contributed by atoms with Gasteiger partial charge in [-0.1, -0.05) is 26.7 Å². The van der Waals surface area contributed by atoms with E-state index in [1.54, 1.807) is 20.3 Å². The van der Waals surface area contributed by atoms with Crippen LogP contribution in [0.5, 0.6) is 5.88 Å². The number of hydrogen-bond donors (Lipinski definition) is 0. The second kappa shape index (κ2) is 7.19. The number of methoxy groups -OCH3 is 2. The molecule has 168 valence electrons. The molecule has 31 heavy (non-hydrogen) atoms. The van der Waals surface area contributed by atoms with Gasteiger partial charge >= 0.3 is 0 Å². The number of pyridine rings is 1. The van der Waals surface area contributed by atoms with Crippen LogP contribution >= 0.6 is 0 Å². The van der Waals surface area contributed by atoms with Gasteiger partial charge in [0, 0.05) is 31.7 Å². The second-order valence-corrected chi connectivity index (χ2v) is 10.6. The van der Waals surface area contributed by atoms with Gasteiger partial charge in [0.25, 0.3) is 11.8 Å². The van der Waals surface area contributed by atoms with Crippen LogP contribution in [-0.4, -0.2) is 66.6 Å². The lowest BCUT2D eigenvalue weighted by atomic mass is 9.48. The molecule has 1 aromatic rings. The van der Waals surface area contributed by atoms with Crippen LogP contribution in [0.1, 0.15) is 72.4 Å². The lowest BCUT2D eigenvalue weighted by Gasteiger charge is -2.56. The highest BCUT2D eigenvalue weighted by molar-refractivity contribution is 6.03. The maximum absolute atomic E-state index is 13.6. The summed E-state index contributed by atoms with van der Waals surface area (Å²) in [5.74, 6) is 0.644. The molecule has 2 aliphatic heterocycles. The van der Waals surface area contributed by atoms with Gasteiger partial charge in [-0.3, -0.25) is 9.59 Å². The van der Waals surface area contributed by atoms with Crippen molar-refractivity contribution in [3.63, 3.8) is 0 Å². The smallest absolute Gasteiger partial charge is 0.259 e. The topological polar surface area (TPSA) is 72.0 Å². The first-order valence-corrected chi connectivity index (χ1v) is 11.5. The first-order chi connectivity index (χ1) is 14.8. The molecule has 2 amide bonds. The van der Waals surface area contributed by atoms with E-state index in [2.05, 4.69) is 18.8 Å². The van der Waals surface area contributed by atoms with E-state index >= 15 is 0 Å². The normalized spacial score (nSPS) is 29.2. The number of fused-ring (bicyclic) bond motifs is 2. The summed E-state index contributed by atoms with van der Waals surface area (Å²) >= 11 is 0. The molecule has 3 heterocycles. The Morgan fingerprint density at radius 3 is 2.65 bits per heavy atom. The van der Waals surface area contributed by atoms with Crippen molar-refractivity contribution in [3.8, 4) is 5.88 Å². The predicted octanol–water partition coefficient (Wildman–Crippen LogP) is 3.12. The highest BCUT2D eigenvalue weighted by atomic mass is 16.5. The molecule has 0 unspecified atom stereocenters. The predicted molar refractivity (Wildman–Crippen MR) is 115 cm³/mol. The van der Waals surface area contributed by atoms with Crippen LogP contribution in [0.2, 0.25) is 0 Å². The van der Waals surface area contributed by atoms with Crippen molar-refractivity contribution < 1.29 is 19.1 Å². The van der Waals surface area contributed by atoms with Gasteiger partial charge in [-0.25, -0.2) is 4.98 Å². The van der Waals surface area contributed by atoms with Crippen molar-refractivity contribution in [3.05, 3.63) is 22.9 Å². The van der Waals surface area contributed by atoms with Crippen molar-refractivity contribution in [1.82, 2.24) is 14.8 Å². The van der Waals surface area contributed by atoms with E-state index in [1.165, 1.54) is 12.8 Å². The molecule has 0 aromatic carbocycles. The van der Waals surface area contributed by atoms with Crippen LogP contribution in [0.3, 0.4) is 0 Å². The number of likely N-dealkylation sites (tertiary alicyclic amines) is 1. The minimum Gasteiger partial charge on any atom is -0.480 e. The van der Waals surface area contributed by atoms with E-state index in [0.717, 1.165) is 25.0 Å². The van der Waals surface area contributed by atoms with Crippen LogP contribution in [0.15, 0.2) is 6.07 Å². The Kier molecular flexibility index (Phi) is 4.81. The van der Waals surface area contributed by atoms with Crippen LogP contribution in [0, 0.1) is 16.7 Å². The minimum absolute atomic E-state index is 0.00424. The van der Waals surface area contributed by atoms with Gasteiger partial charge in [-0.05, 0) is 36.7 Å². The van der Waals surface area contributed by atoms with Gasteiger partial charge in [0.15, 0.2) is 0 Å². The molecule has 7 nitrogen and oxygen atoms in total. The molecular weight excluding hydrogens is 394 g/mol. The molecule has 1 saturated heterocycles. The minimum atomic E-state index is -0.0973. The Morgan fingerprint density at radius 1 is 1.26 bits per heavy atom. The molecule has 2 saturated carbocycles. The summed E-state index contributed by atoms with van der Waals surface area (Å²) in [5.41, 5.74) is 1.91. The quantitative estimate of drug-likeness (QED) is 0.722. The summed E-state index contributed by atoms with van der Waals surface area (Å²) < 4.78 is 11.0. The van der Waals surface area contributed by atoms with Crippen LogP contribution in [0.25, 0.3) is 0 Å².